The fraction of sp³-hybridized carbons (Fsp3) is 0.200. The van der Waals surface area contributed by atoms with Crippen molar-refractivity contribution >= 4 is 15.7 Å². The average molecular weight is 290 g/mol. The Hall–Kier alpha value is -1.85. The first kappa shape index (κ1) is 14.6. The normalized spacial score (nSPS) is 11.4. The lowest BCUT2D eigenvalue weighted by Crippen LogP contribution is -2.23. The number of sulfonamides is 1. The van der Waals surface area contributed by atoms with Gasteiger partial charge in [-0.2, -0.15) is 0 Å². The van der Waals surface area contributed by atoms with E-state index in [0.29, 0.717) is 5.69 Å². The summed E-state index contributed by atoms with van der Waals surface area (Å²) in [6.07, 6.45) is 0.886. The number of hydrogen-bond acceptors (Lipinski definition) is 3. The zero-order valence-electron chi connectivity index (χ0n) is 11.3. The average Bonchev–Trinajstić information content (AvgIpc) is 2.45. The summed E-state index contributed by atoms with van der Waals surface area (Å²) in [4.78, 5) is 0.276. The van der Waals surface area contributed by atoms with E-state index in [0.717, 1.165) is 17.5 Å². The molecule has 4 nitrogen and oxygen atoms in total. The van der Waals surface area contributed by atoms with Crippen LogP contribution in [0.25, 0.3) is 0 Å². The maximum Gasteiger partial charge on any atom is 0.240 e. The first-order valence-corrected chi connectivity index (χ1v) is 7.92. The molecule has 0 amide bonds. The number of anilines is 1. The van der Waals surface area contributed by atoms with Gasteiger partial charge in [0.25, 0.3) is 0 Å². The SMILES string of the molecule is CCc1ccc(S(=O)(=O)NCc2cccc(N)c2)cc1. The summed E-state index contributed by atoms with van der Waals surface area (Å²) in [6.45, 7) is 2.25. The van der Waals surface area contributed by atoms with Crippen molar-refractivity contribution in [3.63, 3.8) is 0 Å². The fourth-order valence-corrected chi connectivity index (χ4v) is 2.89. The molecule has 0 fully saturated rings. The van der Waals surface area contributed by atoms with E-state index >= 15 is 0 Å². The third-order valence-corrected chi connectivity index (χ3v) is 4.48. The van der Waals surface area contributed by atoms with Crippen molar-refractivity contribution in [1.29, 1.82) is 0 Å². The van der Waals surface area contributed by atoms with Crippen molar-refractivity contribution < 1.29 is 8.42 Å². The van der Waals surface area contributed by atoms with Gasteiger partial charge in [0.15, 0.2) is 0 Å². The van der Waals surface area contributed by atoms with Gasteiger partial charge in [-0.3, -0.25) is 0 Å². The largest absolute Gasteiger partial charge is 0.399 e. The molecule has 0 aliphatic carbocycles. The highest BCUT2D eigenvalue weighted by atomic mass is 32.2. The second kappa shape index (κ2) is 6.07. The molecule has 2 aromatic carbocycles. The smallest absolute Gasteiger partial charge is 0.240 e. The standard InChI is InChI=1S/C15H18N2O2S/c1-2-12-6-8-15(9-7-12)20(18,19)17-11-13-4-3-5-14(16)10-13/h3-10,17H,2,11,16H2,1H3. The van der Waals surface area contributed by atoms with Crippen LogP contribution in [-0.2, 0) is 23.0 Å². The van der Waals surface area contributed by atoms with Crippen LogP contribution < -0.4 is 10.5 Å². The van der Waals surface area contributed by atoms with Gasteiger partial charge >= 0.3 is 0 Å². The lowest BCUT2D eigenvalue weighted by atomic mass is 10.2. The Morgan fingerprint density at radius 3 is 2.35 bits per heavy atom. The highest BCUT2D eigenvalue weighted by Crippen LogP contribution is 2.12. The van der Waals surface area contributed by atoms with Crippen molar-refractivity contribution in [2.75, 3.05) is 5.73 Å². The van der Waals surface area contributed by atoms with Crippen LogP contribution in [0.1, 0.15) is 18.1 Å². The summed E-state index contributed by atoms with van der Waals surface area (Å²) in [7, 11) is -3.49. The van der Waals surface area contributed by atoms with Gasteiger partial charge in [0.2, 0.25) is 10.0 Å². The monoisotopic (exact) mass is 290 g/mol. The predicted molar refractivity (Wildman–Crippen MR) is 80.7 cm³/mol. The Kier molecular flexibility index (Phi) is 4.42. The van der Waals surface area contributed by atoms with E-state index < -0.39 is 10.0 Å². The topological polar surface area (TPSA) is 72.2 Å². The van der Waals surface area contributed by atoms with Gasteiger partial charge in [-0.05, 0) is 41.8 Å². The lowest BCUT2D eigenvalue weighted by molar-refractivity contribution is 0.581. The molecule has 106 valence electrons. The molecule has 0 saturated heterocycles. The van der Waals surface area contributed by atoms with E-state index in [1.165, 1.54) is 0 Å². The minimum atomic E-state index is -3.49. The molecular weight excluding hydrogens is 272 g/mol. The Bertz CT molecular complexity index is 679. The van der Waals surface area contributed by atoms with Crippen LogP contribution in [0.2, 0.25) is 0 Å². The lowest BCUT2D eigenvalue weighted by Gasteiger charge is -2.08. The molecule has 5 heteroatoms. The molecule has 20 heavy (non-hydrogen) atoms. The summed E-state index contributed by atoms with van der Waals surface area (Å²) in [6, 6.07) is 14.1. The molecule has 0 radical (unpaired) electrons. The number of nitrogen functional groups attached to an aromatic ring is 1. The first-order chi connectivity index (χ1) is 9.51. The van der Waals surface area contributed by atoms with Gasteiger partial charge in [-0.25, -0.2) is 13.1 Å². The number of benzene rings is 2. The fourth-order valence-electron chi connectivity index (χ4n) is 1.87. The Labute approximate surface area is 119 Å². The van der Waals surface area contributed by atoms with Gasteiger partial charge in [-0.15, -0.1) is 0 Å². The van der Waals surface area contributed by atoms with Gasteiger partial charge in [0.05, 0.1) is 4.90 Å². The molecular formula is C15H18N2O2S. The number of rotatable bonds is 5. The molecule has 0 bridgehead atoms. The quantitative estimate of drug-likeness (QED) is 0.830. The molecule has 0 aliphatic heterocycles. The Balaban J connectivity index is 2.10. The second-order valence-electron chi connectivity index (χ2n) is 4.57. The molecule has 2 aromatic rings. The highest BCUT2D eigenvalue weighted by Gasteiger charge is 2.13. The van der Waals surface area contributed by atoms with Crippen LogP contribution in [0.3, 0.4) is 0 Å². The molecule has 0 spiro atoms. The van der Waals surface area contributed by atoms with Crippen LogP contribution in [0.5, 0.6) is 0 Å². The Morgan fingerprint density at radius 2 is 1.75 bits per heavy atom. The summed E-state index contributed by atoms with van der Waals surface area (Å²) in [5.41, 5.74) is 8.23. The van der Waals surface area contributed by atoms with E-state index in [-0.39, 0.29) is 11.4 Å². The number of hydrogen-bond donors (Lipinski definition) is 2. The molecule has 0 aromatic heterocycles. The van der Waals surface area contributed by atoms with Crippen molar-refractivity contribution in [1.82, 2.24) is 4.72 Å². The van der Waals surface area contributed by atoms with Crippen LogP contribution in [0, 0.1) is 0 Å². The molecule has 0 heterocycles. The van der Waals surface area contributed by atoms with E-state index in [2.05, 4.69) is 4.72 Å². The molecule has 3 N–H and O–H groups in total. The van der Waals surface area contributed by atoms with E-state index in [1.807, 2.05) is 25.1 Å². The molecule has 0 aliphatic rings. The van der Waals surface area contributed by atoms with Crippen LogP contribution >= 0.6 is 0 Å². The zero-order chi connectivity index (χ0) is 14.6. The summed E-state index contributed by atoms with van der Waals surface area (Å²) in [5, 5.41) is 0. The van der Waals surface area contributed by atoms with Crippen molar-refractivity contribution in [2.45, 2.75) is 24.8 Å². The predicted octanol–water partition coefficient (Wildman–Crippen LogP) is 2.31. The molecule has 2 rings (SSSR count). The summed E-state index contributed by atoms with van der Waals surface area (Å²) >= 11 is 0. The third kappa shape index (κ3) is 3.59. The summed E-state index contributed by atoms with van der Waals surface area (Å²) < 4.78 is 26.9. The number of nitrogens with two attached hydrogens (primary N) is 1. The van der Waals surface area contributed by atoms with E-state index in [4.69, 9.17) is 5.73 Å². The minimum absolute atomic E-state index is 0.225. The van der Waals surface area contributed by atoms with Crippen molar-refractivity contribution in [3.05, 3.63) is 59.7 Å². The second-order valence-corrected chi connectivity index (χ2v) is 6.33. The van der Waals surface area contributed by atoms with E-state index in [1.54, 1.807) is 30.3 Å². The van der Waals surface area contributed by atoms with Gasteiger partial charge in [0.1, 0.15) is 0 Å². The highest BCUT2D eigenvalue weighted by molar-refractivity contribution is 7.89. The molecule has 0 unspecified atom stereocenters. The van der Waals surface area contributed by atoms with Crippen LogP contribution in [0.15, 0.2) is 53.4 Å². The maximum absolute atomic E-state index is 12.1. The van der Waals surface area contributed by atoms with Gasteiger partial charge in [0, 0.05) is 12.2 Å². The van der Waals surface area contributed by atoms with E-state index in [9.17, 15) is 8.42 Å². The van der Waals surface area contributed by atoms with Crippen molar-refractivity contribution in [3.8, 4) is 0 Å². The van der Waals surface area contributed by atoms with Crippen LogP contribution in [-0.4, -0.2) is 8.42 Å². The number of nitrogens with one attached hydrogen (secondary N) is 1. The summed E-state index contributed by atoms with van der Waals surface area (Å²) in [5.74, 6) is 0. The zero-order valence-corrected chi connectivity index (χ0v) is 12.2. The minimum Gasteiger partial charge on any atom is -0.399 e. The van der Waals surface area contributed by atoms with Gasteiger partial charge in [-0.1, -0.05) is 31.2 Å². The molecule has 0 atom stereocenters. The number of aryl methyl sites for hydroxylation is 1. The third-order valence-electron chi connectivity index (χ3n) is 3.06. The first-order valence-electron chi connectivity index (χ1n) is 6.44. The maximum atomic E-state index is 12.1. The van der Waals surface area contributed by atoms with Crippen LogP contribution in [0.4, 0.5) is 5.69 Å². The van der Waals surface area contributed by atoms with Crippen molar-refractivity contribution in [2.24, 2.45) is 0 Å². The van der Waals surface area contributed by atoms with Gasteiger partial charge < -0.3 is 5.73 Å². The Morgan fingerprint density at radius 1 is 1.05 bits per heavy atom. The molecule has 0 saturated carbocycles.